The van der Waals surface area contributed by atoms with E-state index in [1.54, 1.807) is 12.1 Å². The molecule has 5 N–H and O–H groups in total. The monoisotopic (exact) mass is 586 g/mol. The van der Waals surface area contributed by atoms with Crippen molar-refractivity contribution in [2.45, 2.75) is 25.3 Å². The zero-order chi connectivity index (χ0) is 31.2. The summed E-state index contributed by atoms with van der Waals surface area (Å²) in [6.07, 6.45) is 3.29. The Morgan fingerprint density at radius 1 is 0.786 bits per heavy atom. The van der Waals surface area contributed by atoms with Crippen LogP contribution >= 0.6 is 0 Å². The zero-order valence-electron chi connectivity index (χ0n) is 23.1. The van der Waals surface area contributed by atoms with E-state index in [-0.39, 0.29) is 12.4 Å². The number of carbonyl (C=O) groups is 4. The molecule has 1 aliphatic carbocycles. The molecule has 11 nitrogen and oxygen atoms in total. The van der Waals surface area contributed by atoms with Crippen molar-refractivity contribution in [1.82, 2.24) is 9.80 Å². The fourth-order valence-corrected chi connectivity index (χ4v) is 4.86. The summed E-state index contributed by atoms with van der Waals surface area (Å²) >= 11 is 0. The molecule has 0 aromatic heterocycles. The molecule has 0 saturated carbocycles. The molecule has 12 heteroatoms. The largest absolute Gasteiger partial charge is 0.478 e. The first-order valence-electron chi connectivity index (χ1n) is 13.1. The Morgan fingerprint density at radius 2 is 1.29 bits per heavy atom. The van der Waals surface area contributed by atoms with Crippen molar-refractivity contribution in [2.24, 2.45) is 0 Å². The lowest BCUT2D eigenvalue weighted by Gasteiger charge is -2.38. The normalized spacial score (nSPS) is 18.5. The average molecular weight is 587 g/mol. The van der Waals surface area contributed by atoms with Crippen LogP contribution in [0.1, 0.15) is 40.6 Å². The number of aliphatic hydroxyl groups is 1. The first-order valence-corrected chi connectivity index (χ1v) is 13.1. The van der Waals surface area contributed by atoms with Crippen molar-refractivity contribution < 1.29 is 49.1 Å². The smallest absolute Gasteiger partial charge is 0.328 e. The van der Waals surface area contributed by atoms with Crippen LogP contribution < -0.4 is 0 Å². The lowest BCUT2D eigenvalue weighted by molar-refractivity contribution is -0.134. The van der Waals surface area contributed by atoms with Crippen LogP contribution in [0.25, 0.3) is 0 Å². The number of aryl methyl sites for hydroxylation is 1. The van der Waals surface area contributed by atoms with Gasteiger partial charge in [0.2, 0.25) is 0 Å². The van der Waals surface area contributed by atoms with Gasteiger partial charge in [0.25, 0.3) is 0 Å². The number of carboxylic acids is 4. The number of aliphatic hydroxyl groups excluding tert-OH is 1. The SMILES string of the molecule is Cc1ccc2c(c1)C(c1ccc(F)cc1)CC2N1CCN(CCO)CC1.O=C(O)/C=C\C(=O)O.O=C(O)/C=C\C(=O)O. The molecule has 1 fully saturated rings. The highest BCUT2D eigenvalue weighted by molar-refractivity contribution is 5.90. The lowest BCUT2D eigenvalue weighted by atomic mass is 9.92. The third-order valence-corrected chi connectivity index (χ3v) is 6.71. The number of halogens is 1. The summed E-state index contributed by atoms with van der Waals surface area (Å²) < 4.78 is 13.4. The van der Waals surface area contributed by atoms with Crippen molar-refractivity contribution in [2.75, 3.05) is 39.3 Å². The van der Waals surface area contributed by atoms with Crippen LogP contribution in [0.4, 0.5) is 4.39 Å². The molecule has 0 bridgehead atoms. The molecule has 2 aromatic rings. The summed E-state index contributed by atoms with van der Waals surface area (Å²) in [5.41, 5.74) is 5.32. The van der Waals surface area contributed by atoms with Crippen molar-refractivity contribution >= 4 is 23.9 Å². The number of aliphatic carboxylic acids is 4. The molecule has 0 radical (unpaired) electrons. The summed E-state index contributed by atoms with van der Waals surface area (Å²) in [5, 5.41) is 40.4. The summed E-state index contributed by atoms with van der Waals surface area (Å²) in [7, 11) is 0. The van der Waals surface area contributed by atoms with Gasteiger partial charge in [-0.05, 0) is 42.2 Å². The number of benzene rings is 2. The Hall–Kier alpha value is -4.39. The molecular weight excluding hydrogens is 551 g/mol. The molecule has 2 aromatic carbocycles. The number of rotatable bonds is 8. The first-order chi connectivity index (χ1) is 19.9. The average Bonchev–Trinajstić information content (AvgIpc) is 3.31. The molecule has 0 spiro atoms. The van der Waals surface area contributed by atoms with Crippen LogP contribution in [0.5, 0.6) is 0 Å². The molecule has 1 saturated heterocycles. The third kappa shape index (κ3) is 11.2. The lowest BCUT2D eigenvalue weighted by Crippen LogP contribution is -2.48. The van der Waals surface area contributed by atoms with Crippen molar-refractivity contribution in [1.29, 1.82) is 0 Å². The predicted octanol–water partition coefficient (Wildman–Crippen LogP) is 2.74. The van der Waals surface area contributed by atoms with E-state index in [4.69, 9.17) is 25.5 Å². The Morgan fingerprint density at radius 3 is 1.74 bits per heavy atom. The van der Waals surface area contributed by atoms with Gasteiger partial charge < -0.3 is 25.5 Å². The second-order valence-electron chi connectivity index (χ2n) is 9.61. The van der Waals surface area contributed by atoms with Crippen LogP contribution in [0.3, 0.4) is 0 Å². The minimum atomic E-state index is -1.26. The van der Waals surface area contributed by atoms with Crippen molar-refractivity contribution in [3.05, 3.63) is 94.8 Å². The molecule has 226 valence electrons. The van der Waals surface area contributed by atoms with E-state index >= 15 is 0 Å². The number of fused-ring (bicyclic) bond motifs is 1. The maximum Gasteiger partial charge on any atom is 0.328 e. The van der Waals surface area contributed by atoms with Crippen LogP contribution in [0, 0.1) is 12.7 Å². The maximum atomic E-state index is 13.4. The van der Waals surface area contributed by atoms with Crippen LogP contribution in [0.15, 0.2) is 66.8 Å². The van der Waals surface area contributed by atoms with E-state index < -0.39 is 23.9 Å². The molecule has 2 unspecified atom stereocenters. The van der Waals surface area contributed by atoms with Gasteiger partial charge in [0.05, 0.1) is 6.61 Å². The molecule has 42 heavy (non-hydrogen) atoms. The van der Waals surface area contributed by atoms with Gasteiger partial charge in [-0.15, -0.1) is 0 Å². The molecule has 4 rings (SSSR count). The van der Waals surface area contributed by atoms with Gasteiger partial charge in [-0.3, -0.25) is 9.80 Å². The highest BCUT2D eigenvalue weighted by Gasteiger charge is 2.36. The van der Waals surface area contributed by atoms with Crippen LogP contribution in [0.2, 0.25) is 0 Å². The fraction of sp³-hybridized carbons (Fsp3) is 0.333. The number of piperazine rings is 1. The van der Waals surface area contributed by atoms with Crippen LogP contribution in [-0.2, 0) is 19.2 Å². The molecule has 1 heterocycles. The van der Waals surface area contributed by atoms with Gasteiger partial charge in [0, 0.05) is 69.0 Å². The summed E-state index contributed by atoms with van der Waals surface area (Å²) in [6.45, 7) is 7.24. The minimum absolute atomic E-state index is 0.173. The topological polar surface area (TPSA) is 176 Å². The molecule has 2 aliphatic rings. The Kier molecular flexibility index (Phi) is 13.5. The van der Waals surface area contributed by atoms with Gasteiger partial charge in [0.1, 0.15) is 5.82 Å². The van der Waals surface area contributed by atoms with E-state index in [1.165, 1.54) is 22.3 Å². The van der Waals surface area contributed by atoms with Gasteiger partial charge in [0.15, 0.2) is 0 Å². The minimum Gasteiger partial charge on any atom is -0.478 e. The van der Waals surface area contributed by atoms with Crippen molar-refractivity contribution in [3.63, 3.8) is 0 Å². The standard InChI is InChI=1S/C22H27FN2O.2C4H4O4/c1-16-2-7-19-21(14-16)20(17-3-5-18(23)6-4-17)15-22(19)25-10-8-24(9-11-25)12-13-26;2*5-3(6)1-2-4(7)8/h2-7,14,20,22,26H,8-13,15H2,1H3;2*1-2H,(H,5,6)(H,7,8)/b;2*2-1-. The number of carboxylic acid groups (broad SMARTS) is 4. The van der Waals surface area contributed by atoms with Gasteiger partial charge >= 0.3 is 23.9 Å². The van der Waals surface area contributed by atoms with Gasteiger partial charge in [-0.25, -0.2) is 23.6 Å². The number of β-amino-alcohol motifs (C(OH)–C–C–N with tert-alkyl or cyclic N) is 1. The van der Waals surface area contributed by atoms with E-state index in [0.717, 1.165) is 39.1 Å². The number of nitrogens with zero attached hydrogens (tertiary/aromatic N) is 2. The second-order valence-corrected chi connectivity index (χ2v) is 9.61. The van der Waals surface area contributed by atoms with E-state index in [0.29, 0.717) is 36.3 Å². The first kappa shape index (κ1) is 33.8. The van der Waals surface area contributed by atoms with Gasteiger partial charge in [-0.2, -0.15) is 0 Å². The quantitative estimate of drug-likeness (QED) is 0.288. The Balaban J connectivity index is 0.000000319. The summed E-state index contributed by atoms with van der Waals surface area (Å²) in [4.78, 5) is 43.1. The number of hydrogen-bond donors (Lipinski definition) is 5. The van der Waals surface area contributed by atoms with Crippen molar-refractivity contribution in [3.8, 4) is 0 Å². The van der Waals surface area contributed by atoms with E-state index in [1.807, 2.05) is 12.1 Å². The summed E-state index contributed by atoms with van der Waals surface area (Å²) in [6, 6.07) is 14.3. The highest BCUT2D eigenvalue weighted by atomic mass is 19.1. The third-order valence-electron chi connectivity index (χ3n) is 6.71. The molecule has 0 amide bonds. The molecule has 2 atom stereocenters. The van der Waals surface area contributed by atoms with E-state index in [9.17, 15) is 23.6 Å². The Bertz CT molecular complexity index is 1220. The van der Waals surface area contributed by atoms with Gasteiger partial charge in [-0.1, -0.05) is 35.9 Å². The predicted molar refractivity (Wildman–Crippen MR) is 151 cm³/mol. The zero-order valence-corrected chi connectivity index (χ0v) is 23.1. The number of hydrogen-bond acceptors (Lipinski definition) is 7. The second kappa shape index (κ2) is 16.8. The Labute approximate surface area is 242 Å². The van der Waals surface area contributed by atoms with E-state index in [2.05, 4.69) is 34.9 Å². The summed E-state index contributed by atoms with van der Waals surface area (Å²) in [5.74, 6) is -4.86. The van der Waals surface area contributed by atoms with Crippen LogP contribution in [-0.4, -0.2) is 98.5 Å². The molecular formula is C30H35FN2O9. The molecule has 1 aliphatic heterocycles. The highest BCUT2D eigenvalue weighted by Crippen LogP contribution is 2.47. The fourth-order valence-electron chi connectivity index (χ4n) is 4.86. The maximum absolute atomic E-state index is 13.4.